The van der Waals surface area contributed by atoms with E-state index in [-0.39, 0.29) is 12.4 Å². The molecule has 0 saturated heterocycles. The van der Waals surface area contributed by atoms with E-state index < -0.39 is 18.6 Å². The number of hydrogen-bond acceptors (Lipinski definition) is 2. The van der Waals surface area contributed by atoms with Crippen LogP contribution in [0.2, 0.25) is 0 Å². The van der Waals surface area contributed by atoms with Gasteiger partial charge in [0.15, 0.2) is 0 Å². The molecule has 0 spiro atoms. The van der Waals surface area contributed by atoms with Gasteiger partial charge in [-0.3, -0.25) is 0 Å². The van der Waals surface area contributed by atoms with Crippen LogP contribution in [0.1, 0.15) is 24.1 Å². The highest BCUT2D eigenvalue weighted by Gasteiger charge is 2.37. The maximum atomic E-state index is 13.0. The van der Waals surface area contributed by atoms with Crippen LogP contribution >= 0.6 is 12.4 Å². The summed E-state index contributed by atoms with van der Waals surface area (Å²) in [5.41, 5.74) is 6.77. The number of hydrogen-bond donors (Lipinski definition) is 2. The molecule has 1 rings (SSSR count). The minimum Gasteiger partial charge on any atom is -0.390 e. The SMILES string of the molecule is CCc1ccc([C@H](N)C(F)(F)CO)cc1.Cl. The number of nitrogens with two attached hydrogens (primary N) is 1. The molecule has 0 amide bonds. The molecule has 0 unspecified atom stereocenters. The van der Waals surface area contributed by atoms with Crippen molar-refractivity contribution in [1.82, 2.24) is 0 Å². The third kappa shape index (κ3) is 3.40. The maximum Gasteiger partial charge on any atom is 0.289 e. The second kappa shape index (κ2) is 6.13. The van der Waals surface area contributed by atoms with Gasteiger partial charge in [-0.15, -0.1) is 12.4 Å². The molecule has 2 nitrogen and oxygen atoms in total. The molecule has 1 aromatic rings. The molecule has 0 bridgehead atoms. The molecule has 3 N–H and O–H groups in total. The number of rotatable bonds is 4. The third-order valence-electron chi connectivity index (χ3n) is 2.41. The number of aliphatic hydroxyl groups is 1. The number of aryl methyl sites for hydroxylation is 1. The monoisotopic (exact) mass is 251 g/mol. The molecule has 0 heterocycles. The van der Waals surface area contributed by atoms with E-state index in [2.05, 4.69) is 0 Å². The van der Waals surface area contributed by atoms with Crippen molar-refractivity contribution >= 4 is 12.4 Å². The van der Waals surface area contributed by atoms with Gasteiger partial charge in [-0.1, -0.05) is 31.2 Å². The Kier molecular flexibility index (Phi) is 5.86. The Morgan fingerprint density at radius 2 is 1.81 bits per heavy atom. The number of aliphatic hydroxyl groups excluding tert-OH is 1. The lowest BCUT2D eigenvalue weighted by atomic mass is 10.00. The van der Waals surface area contributed by atoms with Gasteiger partial charge in [-0.2, -0.15) is 0 Å². The van der Waals surface area contributed by atoms with Gasteiger partial charge in [-0.05, 0) is 17.5 Å². The summed E-state index contributed by atoms with van der Waals surface area (Å²) in [6.45, 7) is 0.751. The van der Waals surface area contributed by atoms with Crippen LogP contribution in [0.25, 0.3) is 0 Å². The first-order chi connectivity index (χ1) is 7.01. The van der Waals surface area contributed by atoms with Crippen molar-refractivity contribution in [2.75, 3.05) is 6.61 Å². The van der Waals surface area contributed by atoms with Gasteiger partial charge >= 0.3 is 0 Å². The zero-order valence-corrected chi connectivity index (χ0v) is 9.81. The fourth-order valence-corrected chi connectivity index (χ4v) is 1.30. The highest BCUT2D eigenvalue weighted by Crippen LogP contribution is 2.28. The van der Waals surface area contributed by atoms with Crippen LogP contribution in [-0.2, 0) is 6.42 Å². The summed E-state index contributed by atoms with van der Waals surface area (Å²) in [6, 6.07) is 5.24. The van der Waals surface area contributed by atoms with Gasteiger partial charge < -0.3 is 10.8 Å². The van der Waals surface area contributed by atoms with Crippen LogP contribution in [0.3, 0.4) is 0 Å². The van der Waals surface area contributed by atoms with Crippen LogP contribution in [0, 0.1) is 0 Å². The van der Waals surface area contributed by atoms with Crippen molar-refractivity contribution < 1.29 is 13.9 Å². The minimum atomic E-state index is -3.27. The van der Waals surface area contributed by atoms with E-state index in [0.717, 1.165) is 12.0 Å². The number of halogens is 3. The Morgan fingerprint density at radius 1 is 1.31 bits per heavy atom. The second-order valence-corrected chi connectivity index (χ2v) is 3.49. The van der Waals surface area contributed by atoms with Crippen LogP contribution in [-0.4, -0.2) is 17.6 Å². The van der Waals surface area contributed by atoms with Crippen molar-refractivity contribution in [2.24, 2.45) is 5.73 Å². The quantitative estimate of drug-likeness (QED) is 0.863. The predicted octanol–water partition coefficient (Wildman–Crippen LogP) is 2.30. The minimum absolute atomic E-state index is 0. The van der Waals surface area contributed by atoms with Gasteiger partial charge in [0, 0.05) is 0 Å². The summed E-state index contributed by atoms with van der Waals surface area (Å²) in [5.74, 6) is -3.27. The Labute approximate surface area is 99.9 Å². The molecule has 92 valence electrons. The molecular weight excluding hydrogens is 236 g/mol. The smallest absolute Gasteiger partial charge is 0.289 e. The second-order valence-electron chi connectivity index (χ2n) is 3.49. The highest BCUT2D eigenvalue weighted by molar-refractivity contribution is 5.85. The number of alkyl halides is 2. The number of benzene rings is 1. The van der Waals surface area contributed by atoms with Crippen molar-refractivity contribution in [2.45, 2.75) is 25.3 Å². The predicted molar refractivity (Wildman–Crippen MR) is 62.0 cm³/mol. The van der Waals surface area contributed by atoms with E-state index in [4.69, 9.17) is 10.8 Å². The highest BCUT2D eigenvalue weighted by atomic mass is 35.5. The zero-order valence-electron chi connectivity index (χ0n) is 8.99. The van der Waals surface area contributed by atoms with Crippen LogP contribution in [0.15, 0.2) is 24.3 Å². The van der Waals surface area contributed by atoms with Crippen LogP contribution < -0.4 is 5.73 Å². The third-order valence-corrected chi connectivity index (χ3v) is 2.41. The average Bonchev–Trinajstić information content (AvgIpc) is 2.28. The molecule has 0 aromatic heterocycles. The summed E-state index contributed by atoms with van der Waals surface area (Å²) in [6.07, 6.45) is 0.853. The van der Waals surface area contributed by atoms with Gasteiger partial charge in [0.25, 0.3) is 5.92 Å². The van der Waals surface area contributed by atoms with E-state index in [1.165, 1.54) is 0 Å². The Morgan fingerprint density at radius 3 is 2.19 bits per heavy atom. The summed E-state index contributed by atoms with van der Waals surface area (Å²) in [5, 5.41) is 8.50. The first-order valence-electron chi connectivity index (χ1n) is 4.84. The molecule has 0 aliphatic rings. The van der Waals surface area contributed by atoms with E-state index in [1.807, 2.05) is 6.92 Å². The lowest BCUT2D eigenvalue weighted by Crippen LogP contribution is -2.36. The molecule has 0 fully saturated rings. The first-order valence-corrected chi connectivity index (χ1v) is 4.84. The molecule has 0 saturated carbocycles. The van der Waals surface area contributed by atoms with Crippen molar-refractivity contribution in [3.63, 3.8) is 0 Å². The summed E-state index contributed by atoms with van der Waals surface area (Å²) in [4.78, 5) is 0. The van der Waals surface area contributed by atoms with Gasteiger partial charge in [0.2, 0.25) is 0 Å². The van der Waals surface area contributed by atoms with E-state index in [9.17, 15) is 8.78 Å². The van der Waals surface area contributed by atoms with Gasteiger partial charge in [0.1, 0.15) is 6.61 Å². The largest absolute Gasteiger partial charge is 0.390 e. The zero-order chi connectivity index (χ0) is 11.5. The van der Waals surface area contributed by atoms with Crippen molar-refractivity contribution in [3.05, 3.63) is 35.4 Å². The van der Waals surface area contributed by atoms with Crippen molar-refractivity contribution in [3.8, 4) is 0 Å². The Balaban J connectivity index is 0.00000225. The lowest BCUT2D eigenvalue weighted by Gasteiger charge is -2.21. The lowest BCUT2D eigenvalue weighted by molar-refractivity contribution is -0.0711. The fourth-order valence-electron chi connectivity index (χ4n) is 1.30. The summed E-state index contributed by atoms with van der Waals surface area (Å²) >= 11 is 0. The van der Waals surface area contributed by atoms with E-state index in [0.29, 0.717) is 5.56 Å². The summed E-state index contributed by atoms with van der Waals surface area (Å²) < 4.78 is 26.1. The Bertz CT molecular complexity index is 316. The standard InChI is InChI=1S/C11H15F2NO.ClH/c1-2-8-3-5-9(6-4-8)10(14)11(12,13)7-15;/h3-6,10,15H,2,7,14H2,1H3;1H/t10-;/m0./s1. The maximum absolute atomic E-state index is 13.0. The van der Waals surface area contributed by atoms with Gasteiger partial charge in [0.05, 0.1) is 6.04 Å². The van der Waals surface area contributed by atoms with E-state index in [1.54, 1.807) is 24.3 Å². The molecule has 0 aliphatic heterocycles. The molecule has 0 aliphatic carbocycles. The van der Waals surface area contributed by atoms with E-state index >= 15 is 0 Å². The molecule has 5 heteroatoms. The summed E-state index contributed by atoms with van der Waals surface area (Å²) in [7, 11) is 0. The molecule has 0 radical (unpaired) electrons. The van der Waals surface area contributed by atoms with Crippen LogP contribution in [0.5, 0.6) is 0 Å². The van der Waals surface area contributed by atoms with Crippen molar-refractivity contribution in [1.29, 1.82) is 0 Å². The fraction of sp³-hybridized carbons (Fsp3) is 0.455. The first kappa shape index (κ1) is 15.3. The van der Waals surface area contributed by atoms with Gasteiger partial charge in [-0.25, -0.2) is 8.78 Å². The van der Waals surface area contributed by atoms with Crippen LogP contribution in [0.4, 0.5) is 8.78 Å². The normalized spacial score (nSPS) is 13.1. The average molecular weight is 252 g/mol. The Hall–Kier alpha value is -0.710. The molecular formula is C11H16ClF2NO. The topological polar surface area (TPSA) is 46.2 Å². The molecule has 1 aromatic carbocycles. The molecule has 1 atom stereocenters. The molecule has 16 heavy (non-hydrogen) atoms.